The van der Waals surface area contributed by atoms with Crippen LogP contribution in [-0.4, -0.2) is 18.4 Å². The first kappa shape index (κ1) is 19.4. The average molecular weight is 378 g/mol. The predicted octanol–water partition coefficient (Wildman–Crippen LogP) is 4.00. The van der Waals surface area contributed by atoms with Crippen molar-refractivity contribution < 1.29 is 18.7 Å². The molecule has 0 aliphatic carbocycles. The standard InChI is InChI=1S/C22H22N2O4/c1-2-27-15-17-7-5-16(6-8-17)14-23-21(25)18-9-11-19(12-10-18)24-22(26)20-4-3-13-28-20/h3-13H,2,14-15H2,1H3,(H,23,25)(H,24,26). The third kappa shape index (κ3) is 5.31. The number of hydrogen-bond donors (Lipinski definition) is 2. The van der Waals surface area contributed by atoms with E-state index in [-0.39, 0.29) is 17.6 Å². The van der Waals surface area contributed by atoms with Crippen LogP contribution in [0.1, 0.15) is 39.0 Å². The molecule has 0 atom stereocenters. The molecule has 0 aliphatic heterocycles. The van der Waals surface area contributed by atoms with Crippen molar-refractivity contribution in [1.82, 2.24) is 5.32 Å². The highest BCUT2D eigenvalue weighted by Crippen LogP contribution is 2.12. The second-order valence-electron chi connectivity index (χ2n) is 6.15. The quantitative estimate of drug-likeness (QED) is 0.621. The zero-order chi connectivity index (χ0) is 19.8. The van der Waals surface area contributed by atoms with E-state index in [0.717, 1.165) is 11.1 Å². The molecule has 0 bridgehead atoms. The maximum absolute atomic E-state index is 12.3. The van der Waals surface area contributed by atoms with Gasteiger partial charge >= 0.3 is 0 Å². The smallest absolute Gasteiger partial charge is 0.291 e. The van der Waals surface area contributed by atoms with Gasteiger partial charge in [-0.1, -0.05) is 24.3 Å². The minimum atomic E-state index is -0.338. The van der Waals surface area contributed by atoms with Gasteiger partial charge < -0.3 is 19.8 Å². The van der Waals surface area contributed by atoms with E-state index in [1.54, 1.807) is 36.4 Å². The van der Waals surface area contributed by atoms with Crippen molar-refractivity contribution in [3.63, 3.8) is 0 Å². The van der Waals surface area contributed by atoms with Gasteiger partial charge in [0.15, 0.2) is 5.76 Å². The van der Waals surface area contributed by atoms with Crippen molar-refractivity contribution in [3.05, 3.63) is 89.4 Å². The van der Waals surface area contributed by atoms with Crippen LogP contribution in [-0.2, 0) is 17.9 Å². The minimum absolute atomic E-state index is 0.178. The first-order valence-electron chi connectivity index (χ1n) is 9.04. The van der Waals surface area contributed by atoms with Gasteiger partial charge in [-0.2, -0.15) is 0 Å². The molecule has 3 rings (SSSR count). The summed E-state index contributed by atoms with van der Waals surface area (Å²) >= 11 is 0. The van der Waals surface area contributed by atoms with Gasteiger partial charge in [-0.15, -0.1) is 0 Å². The average Bonchev–Trinajstić information content (AvgIpc) is 3.27. The number of ether oxygens (including phenoxy) is 1. The number of carbonyl (C=O) groups excluding carboxylic acids is 2. The third-order valence-electron chi connectivity index (χ3n) is 4.10. The first-order valence-corrected chi connectivity index (χ1v) is 9.04. The van der Waals surface area contributed by atoms with Gasteiger partial charge in [-0.3, -0.25) is 9.59 Å². The summed E-state index contributed by atoms with van der Waals surface area (Å²) in [5.41, 5.74) is 3.21. The van der Waals surface area contributed by atoms with Gasteiger partial charge in [0.05, 0.1) is 12.9 Å². The fraction of sp³-hybridized carbons (Fsp3) is 0.182. The Labute approximate surface area is 163 Å². The maximum Gasteiger partial charge on any atom is 0.291 e. The molecule has 2 aromatic carbocycles. The van der Waals surface area contributed by atoms with Crippen molar-refractivity contribution in [2.24, 2.45) is 0 Å². The van der Waals surface area contributed by atoms with Crippen LogP contribution in [0.2, 0.25) is 0 Å². The molecule has 1 aromatic heterocycles. The van der Waals surface area contributed by atoms with Gasteiger partial charge in [0.25, 0.3) is 11.8 Å². The highest BCUT2D eigenvalue weighted by molar-refractivity contribution is 6.02. The molecule has 2 amide bonds. The van der Waals surface area contributed by atoms with E-state index in [4.69, 9.17) is 9.15 Å². The summed E-state index contributed by atoms with van der Waals surface area (Å²) in [5.74, 6) is -0.286. The van der Waals surface area contributed by atoms with Crippen LogP contribution in [0.15, 0.2) is 71.3 Å². The molecular weight excluding hydrogens is 356 g/mol. The summed E-state index contributed by atoms with van der Waals surface area (Å²) in [6.45, 7) is 3.67. The van der Waals surface area contributed by atoms with Gasteiger partial charge in [0.1, 0.15) is 0 Å². The van der Waals surface area contributed by atoms with Crippen LogP contribution in [0, 0.1) is 0 Å². The molecule has 0 fully saturated rings. The van der Waals surface area contributed by atoms with Crippen molar-refractivity contribution in [3.8, 4) is 0 Å². The van der Waals surface area contributed by atoms with Crippen molar-refractivity contribution >= 4 is 17.5 Å². The number of benzene rings is 2. The van der Waals surface area contributed by atoms with Crippen LogP contribution >= 0.6 is 0 Å². The number of furan rings is 1. The summed E-state index contributed by atoms with van der Waals surface area (Å²) in [6, 6.07) is 17.9. The first-order chi connectivity index (χ1) is 13.7. The van der Waals surface area contributed by atoms with Crippen LogP contribution in [0.5, 0.6) is 0 Å². The van der Waals surface area contributed by atoms with Crippen LogP contribution < -0.4 is 10.6 Å². The molecule has 3 aromatic rings. The highest BCUT2D eigenvalue weighted by atomic mass is 16.5. The topological polar surface area (TPSA) is 80.6 Å². The number of anilines is 1. The van der Waals surface area contributed by atoms with Crippen molar-refractivity contribution in [2.45, 2.75) is 20.1 Å². The molecule has 1 heterocycles. The molecule has 28 heavy (non-hydrogen) atoms. The van der Waals surface area contributed by atoms with E-state index in [1.165, 1.54) is 6.26 Å². The van der Waals surface area contributed by atoms with Crippen molar-refractivity contribution in [1.29, 1.82) is 0 Å². The Balaban J connectivity index is 1.51. The zero-order valence-corrected chi connectivity index (χ0v) is 15.6. The normalized spacial score (nSPS) is 10.5. The molecule has 0 aliphatic rings. The third-order valence-corrected chi connectivity index (χ3v) is 4.10. The van der Waals surface area contributed by atoms with Gasteiger partial charge in [-0.25, -0.2) is 0 Å². The monoisotopic (exact) mass is 378 g/mol. The molecule has 0 saturated heterocycles. The molecular formula is C22H22N2O4. The Bertz CT molecular complexity index is 901. The lowest BCUT2D eigenvalue weighted by Gasteiger charge is -2.08. The second-order valence-corrected chi connectivity index (χ2v) is 6.15. The molecule has 6 nitrogen and oxygen atoms in total. The number of rotatable bonds is 8. The lowest BCUT2D eigenvalue weighted by molar-refractivity contribution is 0.0950. The van der Waals surface area contributed by atoms with E-state index in [2.05, 4.69) is 10.6 Å². The molecule has 0 radical (unpaired) electrons. The Morgan fingerprint density at radius 1 is 0.929 bits per heavy atom. The predicted molar refractivity (Wildman–Crippen MR) is 106 cm³/mol. The number of carbonyl (C=O) groups is 2. The molecule has 144 valence electrons. The van der Waals surface area contributed by atoms with Crippen molar-refractivity contribution in [2.75, 3.05) is 11.9 Å². The largest absolute Gasteiger partial charge is 0.459 e. The molecule has 0 saturated carbocycles. The Kier molecular flexibility index (Phi) is 6.59. The van der Waals surface area contributed by atoms with E-state index in [9.17, 15) is 9.59 Å². The Morgan fingerprint density at radius 3 is 2.29 bits per heavy atom. The maximum atomic E-state index is 12.3. The SMILES string of the molecule is CCOCc1ccc(CNC(=O)c2ccc(NC(=O)c3ccco3)cc2)cc1. The number of nitrogens with one attached hydrogen (secondary N) is 2. The number of amides is 2. The lowest BCUT2D eigenvalue weighted by Crippen LogP contribution is -2.22. The van der Waals surface area contributed by atoms with E-state index in [1.807, 2.05) is 31.2 Å². The molecule has 6 heteroatoms. The molecule has 0 spiro atoms. The van der Waals surface area contributed by atoms with E-state index in [0.29, 0.717) is 31.0 Å². The molecule has 0 unspecified atom stereocenters. The zero-order valence-electron chi connectivity index (χ0n) is 15.6. The highest BCUT2D eigenvalue weighted by Gasteiger charge is 2.10. The van der Waals surface area contributed by atoms with E-state index >= 15 is 0 Å². The fourth-order valence-corrected chi connectivity index (χ4v) is 2.56. The summed E-state index contributed by atoms with van der Waals surface area (Å²) in [4.78, 5) is 24.3. The second kappa shape index (κ2) is 9.53. The van der Waals surface area contributed by atoms with Gasteiger partial charge in [0.2, 0.25) is 0 Å². The van der Waals surface area contributed by atoms with E-state index < -0.39 is 0 Å². The fourth-order valence-electron chi connectivity index (χ4n) is 2.56. The van der Waals surface area contributed by atoms with Crippen LogP contribution in [0.3, 0.4) is 0 Å². The van der Waals surface area contributed by atoms with Gasteiger partial charge in [0, 0.05) is 24.4 Å². The Hall–Kier alpha value is -3.38. The Morgan fingerprint density at radius 2 is 1.64 bits per heavy atom. The van der Waals surface area contributed by atoms with Crippen LogP contribution in [0.4, 0.5) is 5.69 Å². The van der Waals surface area contributed by atoms with Crippen LogP contribution in [0.25, 0.3) is 0 Å². The lowest BCUT2D eigenvalue weighted by atomic mass is 10.1. The van der Waals surface area contributed by atoms with Gasteiger partial charge in [-0.05, 0) is 54.4 Å². The summed E-state index contributed by atoms with van der Waals surface area (Å²) in [5, 5.41) is 5.60. The minimum Gasteiger partial charge on any atom is -0.459 e. The molecule has 2 N–H and O–H groups in total. The number of hydrogen-bond acceptors (Lipinski definition) is 4. The summed E-state index contributed by atoms with van der Waals surface area (Å²) in [7, 11) is 0. The summed E-state index contributed by atoms with van der Waals surface area (Å²) < 4.78 is 10.4. The summed E-state index contributed by atoms with van der Waals surface area (Å²) in [6.07, 6.45) is 1.44.